The first-order valence-electron chi connectivity index (χ1n) is 5.01. The summed E-state index contributed by atoms with van der Waals surface area (Å²) in [5.74, 6) is 1.32. The molecule has 0 atom stereocenters. The highest BCUT2D eigenvalue weighted by atomic mass is 35.5. The van der Waals surface area contributed by atoms with E-state index in [-0.39, 0.29) is 6.42 Å². The normalized spacial score (nSPS) is 9.94. The van der Waals surface area contributed by atoms with Gasteiger partial charge in [0.05, 0.1) is 30.9 Å². The lowest BCUT2D eigenvalue weighted by atomic mass is 10.2. The highest BCUT2D eigenvalue weighted by molar-refractivity contribution is 6.30. The van der Waals surface area contributed by atoms with E-state index in [9.17, 15) is 0 Å². The van der Waals surface area contributed by atoms with Gasteiger partial charge in [-0.2, -0.15) is 5.26 Å². The van der Waals surface area contributed by atoms with Crippen molar-refractivity contribution < 1.29 is 4.74 Å². The molecule has 0 saturated carbocycles. The number of nitrogens with zero attached hydrogens (tertiary/aromatic N) is 2. The van der Waals surface area contributed by atoms with E-state index in [1.54, 1.807) is 7.11 Å². The first kappa shape index (κ1) is 11.5. The maximum atomic E-state index is 8.64. The van der Waals surface area contributed by atoms with Gasteiger partial charge in [-0.1, -0.05) is 23.7 Å². The summed E-state index contributed by atoms with van der Waals surface area (Å²) in [7, 11) is 1.60. The number of ether oxygens (including phenoxy) is 1. The lowest BCUT2D eigenvalue weighted by molar-refractivity contribution is 0.416. The van der Waals surface area contributed by atoms with Gasteiger partial charge < -0.3 is 9.72 Å². The van der Waals surface area contributed by atoms with Gasteiger partial charge in [-0.05, 0) is 12.1 Å². The number of halogens is 1. The van der Waals surface area contributed by atoms with E-state index in [2.05, 4.69) is 9.97 Å². The van der Waals surface area contributed by atoms with Crippen molar-refractivity contribution in [2.45, 2.75) is 6.42 Å². The summed E-state index contributed by atoms with van der Waals surface area (Å²) in [6.45, 7) is 0. The number of hydrogen-bond acceptors (Lipinski definition) is 3. The van der Waals surface area contributed by atoms with Crippen LogP contribution in [0.3, 0.4) is 0 Å². The molecule has 1 N–H and O–H groups in total. The van der Waals surface area contributed by atoms with Gasteiger partial charge in [0.2, 0.25) is 0 Å². The van der Waals surface area contributed by atoms with Crippen LogP contribution < -0.4 is 4.74 Å². The molecular weight excluding hydrogens is 238 g/mol. The monoisotopic (exact) mass is 247 g/mol. The van der Waals surface area contributed by atoms with Crippen molar-refractivity contribution in [1.29, 1.82) is 5.26 Å². The number of aromatic amines is 1. The summed E-state index contributed by atoms with van der Waals surface area (Å²) in [4.78, 5) is 7.21. The van der Waals surface area contributed by atoms with Crippen LogP contribution in [0.25, 0.3) is 11.4 Å². The molecule has 4 nitrogen and oxygen atoms in total. The Bertz CT molecular complexity index is 571. The molecule has 17 heavy (non-hydrogen) atoms. The average molecular weight is 248 g/mol. The molecule has 0 unspecified atom stereocenters. The Kier molecular flexibility index (Phi) is 3.31. The van der Waals surface area contributed by atoms with E-state index in [0.717, 1.165) is 5.56 Å². The Hall–Kier alpha value is -1.99. The van der Waals surface area contributed by atoms with Crippen LogP contribution in [0, 0.1) is 11.3 Å². The standard InChI is InChI=1S/C12H10ClN3O/c1-17-10-5-3-2-4-8(10)12-15-9(6-7-14)11(13)16-12/h2-5H,6H2,1H3,(H,15,16). The molecule has 2 rings (SSSR count). The van der Waals surface area contributed by atoms with Crippen molar-refractivity contribution in [2.24, 2.45) is 0 Å². The molecule has 0 amide bonds. The van der Waals surface area contributed by atoms with E-state index in [0.29, 0.717) is 22.4 Å². The number of benzene rings is 1. The topological polar surface area (TPSA) is 61.7 Å². The summed E-state index contributed by atoms with van der Waals surface area (Å²) in [5.41, 5.74) is 1.44. The van der Waals surface area contributed by atoms with Crippen molar-refractivity contribution in [3.8, 4) is 23.2 Å². The average Bonchev–Trinajstić information content (AvgIpc) is 2.71. The maximum absolute atomic E-state index is 8.64. The van der Waals surface area contributed by atoms with Crippen LogP contribution in [0.2, 0.25) is 5.15 Å². The molecule has 0 aliphatic heterocycles. The van der Waals surface area contributed by atoms with E-state index < -0.39 is 0 Å². The summed E-state index contributed by atoms with van der Waals surface area (Å²) in [6, 6.07) is 9.52. The van der Waals surface area contributed by atoms with Crippen molar-refractivity contribution >= 4 is 11.6 Å². The number of imidazole rings is 1. The van der Waals surface area contributed by atoms with Crippen LogP contribution in [-0.4, -0.2) is 17.1 Å². The fourth-order valence-electron chi connectivity index (χ4n) is 1.55. The molecule has 0 spiro atoms. The highest BCUT2D eigenvalue weighted by Gasteiger charge is 2.12. The number of H-pyrrole nitrogens is 1. The van der Waals surface area contributed by atoms with Crippen LogP contribution in [0.1, 0.15) is 5.69 Å². The maximum Gasteiger partial charge on any atom is 0.151 e. The van der Waals surface area contributed by atoms with E-state index in [4.69, 9.17) is 21.6 Å². The predicted octanol–water partition coefficient (Wildman–Crippen LogP) is 2.80. The summed E-state index contributed by atoms with van der Waals surface area (Å²) < 4.78 is 5.24. The van der Waals surface area contributed by atoms with E-state index in [1.165, 1.54) is 0 Å². The fraction of sp³-hybridized carbons (Fsp3) is 0.167. The van der Waals surface area contributed by atoms with E-state index >= 15 is 0 Å². The zero-order valence-corrected chi connectivity index (χ0v) is 9.95. The fourth-order valence-corrected chi connectivity index (χ4v) is 1.75. The molecule has 0 radical (unpaired) electrons. The number of aromatic nitrogens is 2. The molecule has 0 saturated heterocycles. The van der Waals surface area contributed by atoms with Crippen LogP contribution in [0.4, 0.5) is 0 Å². The SMILES string of the molecule is COc1ccccc1-c1nc(Cl)c(CC#N)[nH]1. The number of nitriles is 1. The minimum atomic E-state index is 0.209. The van der Waals surface area contributed by atoms with Crippen molar-refractivity contribution in [3.05, 3.63) is 35.1 Å². The Balaban J connectivity index is 2.47. The van der Waals surface area contributed by atoms with Gasteiger partial charge in [0.1, 0.15) is 11.6 Å². The Morgan fingerprint density at radius 3 is 2.94 bits per heavy atom. The summed E-state index contributed by atoms with van der Waals surface area (Å²) >= 11 is 5.93. The van der Waals surface area contributed by atoms with Crippen LogP contribution in [-0.2, 0) is 6.42 Å². The molecule has 0 fully saturated rings. The second-order valence-corrected chi connectivity index (χ2v) is 3.75. The third-order valence-corrected chi connectivity index (χ3v) is 2.66. The molecule has 1 aromatic carbocycles. The number of methoxy groups -OCH3 is 1. The second kappa shape index (κ2) is 4.89. The van der Waals surface area contributed by atoms with E-state index in [1.807, 2.05) is 30.3 Å². The van der Waals surface area contributed by atoms with Gasteiger partial charge in [0.15, 0.2) is 5.15 Å². The lowest BCUT2D eigenvalue weighted by Crippen LogP contribution is -1.89. The minimum absolute atomic E-state index is 0.209. The first-order valence-corrected chi connectivity index (χ1v) is 5.38. The summed E-state index contributed by atoms with van der Waals surface area (Å²) in [6.07, 6.45) is 0.209. The largest absolute Gasteiger partial charge is 0.496 e. The predicted molar refractivity (Wildman–Crippen MR) is 64.9 cm³/mol. The first-order chi connectivity index (χ1) is 8.26. The molecule has 86 valence electrons. The molecule has 2 aromatic rings. The quantitative estimate of drug-likeness (QED) is 0.907. The number of rotatable bonds is 3. The zero-order valence-electron chi connectivity index (χ0n) is 9.20. The third-order valence-electron chi connectivity index (χ3n) is 2.35. The van der Waals surface area contributed by atoms with Crippen molar-refractivity contribution in [1.82, 2.24) is 9.97 Å². The molecule has 1 aromatic heterocycles. The van der Waals surface area contributed by atoms with Crippen LogP contribution >= 0.6 is 11.6 Å². The van der Waals surface area contributed by atoms with Gasteiger partial charge in [0, 0.05) is 0 Å². The Labute approximate surface area is 104 Å². The van der Waals surface area contributed by atoms with Gasteiger partial charge in [-0.15, -0.1) is 0 Å². The third kappa shape index (κ3) is 2.24. The van der Waals surface area contributed by atoms with Crippen LogP contribution in [0.5, 0.6) is 5.75 Å². The number of para-hydroxylation sites is 1. The molecule has 0 aliphatic carbocycles. The number of nitrogens with one attached hydrogen (secondary N) is 1. The van der Waals surface area contributed by atoms with Crippen LogP contribution in [0.15, 0.2) is 24.3 Å². The van der Waals surface area contributed by atoms with Crippen molar-refractivity contribution in [3.63, 3.8) is 0 Å². The van der Waals surface area contributed by atoms with Crippen molar-refractivity contribution in [2.75, 3.05) is 7.11 Å². The lowest BCUT2D eigenvalue weighted by Gasteiger charge is -2.04. The Morgan fingerprint density at radius 2 is 2.24 bits per heavy atom. The van der Waals surface area contributed by atoms with Gasteiger partial charge in [0.25, 0.3) is 0 Å². The molecule has 5 heteroatoms. The smallest absolute Gasteiger partial charge is 0.151 e. The van der Waals surface area contributed by atoms with Gasteiger partial charge in [-0.25, -0.2) is 4.98 Å². The molecule has 1 heterocycles. The molecule has 0 aliphatic rings. The second-order valence-electron chi connectivity index (χ2n) is 3.39. The Morgan fingerprint density at radius 1 is 1.47 bits per heavy atom. The summed E-state index contributed by atoms with van der Waals surface area (Å²) in [5, 5.41) is 8.97. The molecular formula is C12H10ClN3O. The van der Waals surface area contributed by atoms with Gasteiger partial charge >= 0.3 is 0 Å². The van der Waals surface area contributed by atoms with Gasteiger partial charge in [-0.3, -0.25) is 0 Å². The molecule has 0 bridgehead atoms. The minimum Gasteiger partial charge on any atom is -0.496 e. The highest BCUT2D eigenvalue weighted by Crippen LogP contribution is 2.29. The zero-order chi connectivity index (χ0) is 12.3. The number of hydrogen-bond donors (Lipinski definition) is 1.